The summed E-state index contributed by atoms with van der Waals surface area (Å²) in [5, 5.41) is 11.4. The number of nitrogens with one attached hydrogen (secondary N) is 1. The molecule has 6 heteroatoms. The van der Waals surface area contributed by atoms with Gasteiger partial charge in [-0.25, -0.2) is 4.79 Å². The summed E-state index contributed by atoms with van der Waals surface area (Å²) in [5.41, 5.74) is 1.48. The number of hydrogen-bond acceptors (Lipinski definition) is 4. The van der Waals surface area contributed by atoms with Crippen molar-refractivity contribution in [3.8, 4) is 0 Å². The summed E-state index contributed by atoms with van der Waals surface area (Å²) in [4.78, 5) is 24.5. The predicted octanol–water partition coefficient (Wildman–Crippen LogP) is 2.65. The first-order valence-corrected chi connectivity index (χ1v) is 5.72. The van der Waals surface area contributed by atoms with Gasteiger partial charge in [-0.3, -0.25) is 10.1 Å². The minimum atomic E-state index is -0.453. The number of benzene rings is 1. The number of fused-ring (bicyclic) bond motifs is 1. The van der Waals surface area contributed by atoms with E-state index in [1.165, 1.54) is 18.2 Å². The fraction of sp³-hybridized carbons (Fsp3) is 0.154. The molecule has 2 aromatic rings. The molecule has 0 amide bonds. The van der Waals surface area contributed by atoms with Gasteiger partial charge >= 0.3 is 5.97 Å². The molecule has 0 saturated heterocycles. The number of aromatic nitrogens is 1. The van der Waals surface area contributed by atoms with Gasteiger partial charge in [0.05, 0.1) is 11.5 Å². The molecule has 1 heterocycles. The van der Waals surface area contributed by atoms with Crippen LogP contribution >= 0.6 is 0 Å². The van der Waals surface area contributed by atoms with Gasteiger partial charge in [0, 0.05) is 40.9 Å². The first kappa shape index (κ1) is 12.8. The lowest BCUT2D eigenvalue weighted by atomic mass is 10.1. The van der Waals surface area contributed by atoms with E-state index in [-0.39, 0.29) is 5.69 Å². The third-order valence-corrected chi connectivity index (χ3v) is 2.59. The second-order valence-corrected chi connectivity index (χ2v) is 3.82. The molecule has 0 unspecified atom stereocenters. The van der Waals surface area contributed by atoms with E-state index >= 15 is 0 Å². The fourth-order valence-corrected chi connectivity index (χ4v) is 1.73. The highest BCUT2D eigenvalue weighted by atomic mass is 16.6. The quantitative estimate of drug-likeness (QED) is 0.396. The Morgan fingerprint density at radius 1 is 1.53 bits per heavy atom. The Balaban J connectivity index is 2.36. The van der Waals surface area contributed by atoms with Crippen molar-refractivity contribution in [1.82, 2.24) is 4.98 Å². The van der Waals surface area contributed by atoms with Crippen LogP contribution in [0.3, 0.4) is 0 Å². The van der Waals surface area contributed by atoms with Gasteiger partial charge in [0.1, 0.15) is 0 Å². The summed E-state index contributed by atoms with van der Waals surface area (Å²) in [6.45, 7) is 2.03. The highest BCUT2D eigenvalue weighted by Gasteiger charge is 2.09. The molecule has 0 atom stereocenters. The number of hydrogen-bond donors (Lipinski definition) is 1. The normalized spacial score (nSPS) is 11.0. The zero-order valence-corrected chi connectivity index (χ0v) is 10.3. The molecule has 0 spiro atoms. The van der Waals surface area contributed by atoms with Crippen LogP contribution in [-0.4, -0.2) is 22.5 Å². The first-order valence-electron chi connectivity index (χ1n) is 5.72. The van der Waals surface area contributed by atoms with Gasteiger partial charge in [-0.2, -0.15) is 0 Å². The van der Waals surface area contributed by atoms with Gasteiger partial charge in [0.15, 0.2) is 0 Å². The lowest BCUT2D eigenvalue weighted by Crippen LogP contribution is -1.98. The molecule has 19 heavy (non-hydrogen) atoms. The van der Waals surface area contributed by atoms with Crippen LogP contribution in [0.15, 0.2) is 30.5 Å². The molecule has 1 aromatic heterocycles. The number of nitro groups is 1. The van der Waals surface area contributed by atoms with Crippen molar-refractivity contribution in [1.29, 1.82) is 0 Å². The molecule has 0 saturated carbocycles. The zero-order valence-electron chi connectivity index (χ0n) is 10.3. The van der Waals surface area contributed by atoms with Crippen molar-refractivity contribution >= 4 is 28.6 Å². The molecule has 1 aromatic carbocycles. The van der Waals surface area contributed by atoms with Crippen LogP contribution in [0.4, 0.5) is 5.69 Å². The van der Waals surface area contributed by atoms with Crippen molar-refractivity contribution < 1.29 is 14.5 Å². The number of rotatable bonds is 4. The Kier molecular flexibility index (Phi) is 3.61. The minimum Gasteiger partial charge on any atom is -0.463 e. The number of aromatic amines is 1. The zero-order chi connectivity index (χ0) is 13.8. The molecule has 0 aliphatic heterocycles. The number of carbonyl (C=O) groups is 1. The standard InChI is InChI=1S/C13H12N2O4/c1-2-19-13(16)6-3-9-8-14-12-5-4-10(15(17)18)7-11(9)12/h3-8,14H,2H2,1H3/b6-3+. The molecule has 0 fully saturated rings. The minimum absolute atomic E-state index is 0.0119. The Bertz CT molecular complexity index is 658. The van der Waals surface area contributed by atoms with E-state index in [2.05, 4.69) is 4.98 Å². The highest BCUT2D eigenvalue weighted by Crippen LogP contribution is 2.24. The van der Waals surface area contributed by atoms with Gasteiger partial charge in [0.2, 0.25) is 0 Å². The van der Waals surface area contributed by atoms with Crippen LogP contribution in [0.25, 0.3) is 17.0 Å². The van der Waals surface area contributed by atoms with Crippen LogP contribution in [0, 0.1) is 10.1 Å². The number of carbonyl (C=O) groups excluding carboxylic acids is 1. The van der Waals surface area contributed by atoms with Crippen molar-refractivity contribution in [2.75, 3.05) is 6.61 Å². The third-order valence-electron chi connectivity index (χ3n) is 2.59. The average Bonchev–Trinajstić information content (AvgIpc) is 2.79. The molecule has 0 aliphatic carbocycles. The Labute approximate surface area is 108 Å². The van der Waals surface area contributed by atoms with Crippen molar-refractivity contribution in [2.24, 2.45) is 0 Å². The second-order valence-electron chi connectivity index (χ2n) is 3.82. The molecule has 2 rings (SSSR count). The van der Waals surface area contributed by atoms with Crippen LogP contribution in [0.5, 0.6) is 0 Å². The SMILES string of the molecule is CCOC(=O)/C=C/c1c[nH]c2ccc([N+](=O)[O-])cc12. The Morgan fingerprint density at radius 2 is 2.32 bits per heavy atom. The predicted molar refractivity (Wildman–Crippen MR) is 70.6 cm³/mol. The van der Waals surface area contributed by atoms with Crippen LogP contribution < -0.4 is 0 Å². The van der Waals surface area contributed by atoms with Gasteiger partial charge in [-0.15, -0.1) is 0 Å². The van der Waals surface area contributed by atoms with E-state index in [1.54, 1.807) is 25.3 Å². The molecule has 6 nitrogen and oxygen atoms in total. The van der Waals surface area contributed by atoms with Crippen molar-refractivity contribution in [2.45, 2.75) is 6.92 Å². The van der Waals surface area contributed by atoms with Crippen molar-refractivity contribution in [3.63, 3.8) is 0 Å². The number of nitro benzene ring substituents is 1. The number of non-ortho nitro benzene ring substituents is 1. The fourth-order valence-electron chi connectivity index (χ4n) is 1.73. The van der Waals surface area contributed by atoms with Gasteiger partial charge in [-0.05, 0) is 19.1 Å². The number of ether oxygens (including phenoxy) is 1. The van der Waals surface area contributed by atoms with E-state index < -0.39 is 10.9 Å². The summed E-state index contributed by atoms with van der Waals surface area (Å²) >= 11 is 0. The van der Waals surface area contributed by atoms with Gasteiger partial charge in [0.25, 0.3) is 5.69 Å². The summed E-state index contributed by atoms with van der Waals surface area (Å²) in [5.74, 6) is -0.442. The summed E-state index contributed by atoms with van der Waals surface area (Å²) < 4.78 is 4.77. The first-order chi connectivity index (χ1) is 9.11. The lowest BCUT2D eigenvalue weighted by Gasteiger charge is -1.95. The van der Waals surface area contributed by atoms with E-state index in [1.807, 2.05) is 0 Å². The average molecular weight is 260 g/mol. The maximum atomic E-state index is 11.2. The summed E-state index contributed by atoms with van der Waals surface area (Å²) in [6, 6.07) is 4.53. The molecule has 98 valence electrons. The molecule has 0 bridgehead atoms. The lowest BCUT2D eigenvalue weighted by molar-refractivity contribution is -0.384. The smallest absolute Gasteiger partial charge is 0.330 e. The molecular formula is C13H12N2O4. The third kappa shape index (κ3) is 2.79. The van der Waals surface area contributed by atoms with Crippen LogP contribution in [-0.2, 0) is 9.53 Å². The van der Waals surface area contributed by atoms with E-state index in [4.69, 9.17) is 4.74 Å². The van der Waals surface area contributed by atoms with E-state index in [0.29, 0.717) is 17.6 Å². The Hall–Kier alpha value is -2.63. The van der Waals surface area contributed by atoms with Crippen LogP contribution in [0.1, 0.15) is 12.5 Å². The second kappa shape index (κ2) is 5.34. The van der Waals surface area contributed by atoms with Crippen molar-refractivity contribution in [3.05, 3.63) is 46.1 Å². The topological polar surface area (TPSA) is 85.2 Å². The summed E-state index contributed by atoms with van der Waals surface area (Å²) in [7, 11) is 0. The molecule has 0 radical (unpaired) electrons. The monoisotopic (exact) mass is 260 g/mol. The van der Waals surface area contributed by atoms with E-state index in [0.717, 1.165) is 5.52 Å². The van der Waals surface area contributed by atoms with Crippen LogP contribution in [0.2, 0.25) is 0 Å². The number of nitrogens with zero attached hydrogens (tertiary/aromatic N) is 1. The number of esters is 1. The maximum Gasteiger partial charge on any atom is 0.330 e. The summed E-state index contributed by atoms with van der Waals surface area (Å²) in [6.07, 6.45) is 4.55. The molecule has 1 N–H and O–H groups in total. The number of H-pyrrole nitrogens is 1. The van der Waals surface area contributed by atoms with Gasteiger partial charge < -0.3 is 9.72 Å². The largest absolute Gasteiger partial charge is 0.463 e. The Morgan fingerprint density at radius 3 is 3.00 bits per heavy atom. The molecular weight excluding hydrogens is 248 g/mol. The highest BCUT2D eigenvalue weighted by molar-refractivity contribution is 5.94. The van der Waals surface area contributed by atoms with Gasteiger partial charge in [-0.1, -0.05) is 0 Å². The molecule has 0 aliphatic rings. The van der Waals surface area contributed by atoms with E-state index in [9.17, 15) is 14.9 Å². The maximum absolute atomic E-state index is 11.2.